The number of rotatable bonds is 7. The van der Waals surface area contributed by atoms with Crippen LogP contribution in [0.4, 0.5) is 13.2 Å². The molecule has 0 spiro atoms. The summed E-state index contributed by atoms with van der Waals surface area (Å²) in [6.07, 6.45) is -4.77. The Hall–Kier alpha value is -2.83. The number of halogens is 3. The van der Waals surface area contributed by atoms with Gasteiger partial charge in [0.25, 0.3) is 5.91 Å². The summed E-state index contributed by atoms with van der Waals surface area (Å²) in [5.41, 5.74) is 0.662. The van der Waals surface area contributed by atoms with Crippen LogP contribution in [0.3, 0.4) is 0 Å². The minimum absolute atomic E-state index is 0.147. The lowest BCUT2D eigenvalue weighted by Gasteiger charge is -2.26. The van der Waals surface area contributed by atoms with E-state index < -0.39 is 35.9 Å². The molecule has 0 aliphatic carbocycles. The first-order chi connectivity index (χ1) is 13.1. The van der Waals surface area contributed by atoms with E-state index in [0.29, 0.717) is 0 Å². The zero-order chi connectivity index (χ0) is 20.9. The molecule has 2 N–H and O–H groups in total. The van der Waals surface area contributed by atoms with E-state index in [1.807, 2.05) is 0 Å². The predicted octanol–water partition coefficient (Wildman–Crippen LogP) is 4.62. The molecule has 0 fully saturated rings. The Bertz CT molecular complexity index is 819. The minimum Gasteiger partial charge on any atom is -0.479 e. The van der Waals surface area contributed by atoms with Crippen LogP contribution in [-0.2, 0) is 11.2 Å². The molecule has 28 heavy (non-hydrogen) atoms. The molecule has 2 atom stereocenters. The van der Waals surface area contributed by atoms with Gasteiger partial charge in [0.15, 0.2) is 6.04 Å². The van der Waals surface area contributed by atoms with Crippen molar-refractivity contribution < 1.29 is 27.9 Å². The second-order valence-corrected chi connectivity index (χ2v) is 6.91. The molecular weight excluding hydrogens is 371 g/mol. The van der Waals surface area contributed by atoms with Crippen molar-refractivity contribution in [1.82, 2.24) is 5.32 Å². The van der Waals surface area contributed by atoms with E-state index >= 15 is 0 Å². The Morgan fingerprint density at radius 1 is 1.00 bits per heavy atom. The molecule has 0 aliphatic heterocycles. The summed E-state index contributed by atoms with van der Waals surface area (Å²) in [5.74, 6) is -4.24. The first-order valence-corrected chi connectivity index (χ1v) is 8.84. The van der Waals surface area contributed by atoms with E-state index in [0.717, 1.165) is 0 Å². The molecule has 2 aromatic carbocycles. The Balaban J connectivity index is 2.35. The highest BCUT2D eigenvalue weighted by molar-refractivity contribution is 5.96. The van der Waals surface area contributed by atoms with Crippen LogP contribution >= 0.6 is 0 Å². The second-order valence-electron chi connectivity index (χ2n) is 6.91. The van der Waals surface area contributed by atoms with E-state index in [9.17, 15) is 27.9 Å². The van der Waals surface area contributed by atoms with Gasteiger partial charge in [-0.2, -0.15) is 13.2 Å². The van der Waals surface area contributed by atoms with Crippen LogP contribution in [0.25, 0.3) is 0 Å². The fourth-order valence-electron chi connectivity index (χ4n) is 3.04. The highest BCUT2D eigenvalue weighted by atomic mass is 19.4. The molecule has 7 heteroatoms. The summed E-state index contributed by atoms with van der Waals surface area (Å²) in [6.45, 7) is 2.96. The van der Waals surface area contributed by atoms with Crippen LogP contribution in [0.15, 0.2) is 54.6 Å². The molecule has 2 unspecified atom stereocenters. The molecule has 0 heterocycles. The average molecular weight is 393 g/mol. The van der Waals surface area contributed by atoms with Gasteiger partial charge < -0.3 is 10.4 Å². The Morgan fingerprint density at radius 2 is 1.57 bits per heavy atom. The van der Waals surface area contributed by atoms with Gasteiger partial charge in [-0.05, 0) is 35.6 Å². The SMILES string of the molecule is CC(C)C(Cc1ccccc1C(NC(=O)c1ccccc1)C(=O)O)C(F)(F)F. The normalized spacial score (nSPS) is 13.8. The number of alkyl halides is 3. The molecule has 0 aliphatic rings. The molecule has 0 radical (unpaired) electrons. The monoisotopic (exact) mass is 393 g/mol. The van der Waals surface area contributed by atoms with Gasteiger partial charge in [-0.25, -0.2) is 4.79 Å². The van der Waals surface area contributed by atoms with E-state index in [2.05, 4.69) is 5.32 Å². The van der Waals surface area contributed by atoms with Gasteiger partial charge in [-0.15, -0.1) is 0 Å². The lowest BCUT2D eigenvalue weighted by atomic mass is 9.85. The van der Waals surface area contributed by atoms with Gasteiger partial charge >= 0.3 is 12.1 Å². The maximum Gasteiger partial charge on any atom is 0.392 e. The van der Waals surface area contributed by atoms with Crippen LogP contribution in [0.5, 0.6) is 0 Å². The van der Waals surface area contributed by atoms with E-state index in [1.54, 1.807) is 30.3 Å². The summed E-state index contributed by atoms with van der Waals surface area (Å²) < 4.78 is 40.2. The minimum atomic E-state index is -4.41. The maximum atomic E-state index is 13.4. The van der Waals surface area contributed by atoms with Crippen molar-refractivity contribution in [2.75, 3.05) is 0 Å². The van der Waals surface area contributed by atoms with Crippen LogP contribution < -0.4 is 5.32 Å². The molecule has 2 aromatic rings. The molecule has 150 valence electrons. The van der Waals surface area contributed by atoms with Gasteiger partial charge in [0.1, 0.15) is 0 Å². The van der Waals surface area contributed by atoms with Crippen molar-refractivity contribution in [3.8, 4) is 0 Å². The molecular formula is C21H22F3NO3. The number of hydrogen-bond acceptors (Lipinski definition) is 2. The van der Waals surface area contributed by atoms with E-state index in [1.165, 1.54) is 38.1 Å². The molecule has 4 nitrogen and oxygen atoms in total. The number of benzene rings is 2. The van der Waals surface area contributed by atoms with Crippen molar-refractivity contribution in [3.63, 3.8) is 0 Å². The summed E-state index contributed by atoms with van der Waals surface area (Å²) in [5, 5.41) is 12.0. The van der Waals surface area contributed by atoms with Gasteiger partial charge in [-0.1, -0.05) is 56.3 Å². The Morgan fingerprint density at radius 3 is 2.11 bits per heavy atom. The summed E-state index contributed by atoms with van der Waals surface area (Å²) in [4.78, 5) is 24.2. The highest BCUT2D eigenvalue weighted by Gasteiger charge is 2.42. The molecule has 0 bridgehead atoms. The van der Waals surface area contributed by atoms with Crippen LogP contribution in [0.1, 0.15) is 41.4 Å². The lowest BCUT2D eigenvalue weighted by Crippen LogP contribution is -2.35. The van der Waals surface area contributed by atoms with Crippen molar-refractivity contribution >= 4 is 11.9 Å². The summed E-state index contributed by atoms with van der Waals surface area (Å²) in [6, 6.07) is 12.6. The number of hydrogen-bond donors (Lipinski definition) is 2. The Labute approximate surface area is 161 Å². The number of carbonyl (C=O) groups excluding carboxylic acids is 1. The molecule has 2 rings (SSSR count). The van der Waals surface area contributed by atoms with Gasteiger partial charge in [0.05, 0.1) is 5.92 Å². The summed E-state index contributed by atoms with van der Waals surface area (Å²) in [7, 11) is 0. The third-order valence-corrected chi connectivity index (χ3v) is 4.59. The highest BCUT2D eigenvalue weighted by Crippen LogP contribution is 2.36. The van der Waals surface area contributed by atoms with Crippen molar-refractivity contribution in [2.24, 2.45) is 11.8 Å². The number of carboxylic acids is 1. The first-order valence-electron chi connectivity index (χ1n) is 8.84. The zero-order valence-electron chi connectivity index (χ0n) is 15.5. The third kappa shape index (κ3) is 5.34. The second kappa shape index (κ2) is 8.91. The fraction of sp³-hybridized carbons (Fsp3) is 0.333. The average Bonchev–Trinajstić information content (AvgIpc) is 2.63. The number of carbonyl (C=O) groups is 2. The largest absolute Gasteiger partial charge is 0.479 e. The number of aliphatic carboxylic acids is 1. The quantitative estimate of drug-likeness (QED) is 0.721. The van der Waals surface area contributed by atoms with Crippen LogP contribution in [0.2, 0.25) is 0 Å². The molecule has 1 amide bonds. The predicted molar refractivity (Wildman–Crippen MR) is 98.8 cm³/mol. The lowest BCUT2D eigenvalue weighted by molar-refractivity contribution is -0.185. The first kappa shape index (κ1) is 21.5. The third-order valence-electron chi connectivity index (χ3n) is 4.59. The van der Waals surface area contributed by atoms with E-state index in [4.69, 9.17) is 0 Å². The van der Waals surface area contributed by atoms with E-state index in [-0.39, 0.29) is 23.1 Å². The number of amides is 1. The molecule has 0 saturated carbocycles. The van der Waals surface area contributed by atoms with Crippen molar-refractivity contribution in [3.05, 3.63) is 71.3 Å². The van der Waals surface area contributed by atoms with Crippen LogP contribution in [0, 0.1) is 11.8 Å². The van der Waals surface area contributed by atoms with Crippen LogP contribution in [-0.4, -0.2) is 23.2 Å². The number of carboxylic acid groups (broad SMARTS) is 1. The van der Waals surface area contributed by atoms with Gasteiger partial charge in [0.2, 0.25) is 0 Å². The number of nitrogens with one attached hydrogen (secondary N) is 1. The standard InChI is InChI=1S/C21H22F3NO3/c1-13(2)17(21(22,23)24)12-15-10-6-7-11-16(15)18(20(27)28)25-19(26)14-8-4-3-5-9-14/h3-11,13,17-18H,12H2,1-2H3,(H,25,26)(H,27,28). The van der Waals surface area contributed by atoms with Gasteiger partial charge in [0, 0.05) is 5.56 Å². The van der Waals surface area contributed by atoms with Crippen molar-refractivity contribution in [1.29, 1.82) is 0 Å². The maximum absolute atomic E-state index is 13.4. The zero-order valence-corrected chi connectivity index (χ0v) is 15.5. The molecule has 0 aromatic heterocycles. The van der Waals surface area contributed by atoms with Crippen molar-refractivity contribution in [2.45, 2.75) is 32.5 Å². The summed E-state index contributed by atoms with van der Waals surface area (Å²) >= 11 is 0. The van der Waals surface area contributed by atoms with Gasteiger partial charge in [-0.3, -0.25) is 4.79 Å². The molecule has 0 saturated heterocycles. The Kier molecular flexibility index (Phi) is 6.83. The fourth-order valence-corrected chi connectivity index (χ4v) is 3.04. The smallest absolute Gasteiger partial charge is 0.392 e. The topological polar surface area (TPSA) is 66.4 Å².